The quantitative estimate of drug-likeness (QED) is 0.634. The van der Waals surface area contributed by atoms with Crippen molar-refractivity contribution >= 4 is 29.1 Å². The van der Waals surface area contributed by atoms with Crippen LogP contribution in [0.25, 0.3) is 11.3 Å². The van der Waals surface area contributed by atoms with E-state index < -0.39 is 0 Å². The average molecular weight is 384 g/mol. The van der Waals surface area contributed by atoms with E-state index in [0.29, 0.717) is 22.5 Å². The molecule has 0 saturated carbocycles. The van der Waals surface area contributed by atoms with Crippen LogP contribution in [0.4, 0.5) is 17.5 Å². The zero-order chi connectivity index (χ0) is 19.4. The predicted octanol–water partition coefficient (Wildman–Crippen LogP) is 5.15. The number of hydrogen-bond donors (Lipinski definition) is 2. The lowest BCUT2D eigenvalue weighted by Gasteiger charge is -2.21. The third kappa shape index (κ3) is 5.08. The smallest absolute Gasteiger partial charge is 0.225 e. The molecule has 2 N–H and O–H groups in total. The second-order valence-electron chi connectivity index (χ2n) is 7.04. The van der Waals surface area contributed by atoms with Gasteiger partial charge >= 0.3 is 0 Å². The summed E-state index contributed by atoms with van der Waals surface area (Å²) >= 11 is 6.14. The number of benzene rings is 1. The molecule has 27 heavy (non-hydrogen) atoms. The fourth-order valence-electron chi connectivity index (χ4n) is 2.49. The van der Waals surface area contributed by atoms with Crippen molar-refractivity contribution in [2.45, 2.75) is 26.3 Å². The van der Waals surface area contributed by atoms with Crippen molar-refractivity contribution in [3.05, 3.63) is 53.8 Å². The van der Waals surface area contributed by atoms with Crippen LogP contribution >= 0.6 is 11.6 Å². The molecule has 0 aliphatic heterocycles. The SMILES string of the molecule is COc1ccc(Cl)cc1Nc1cc(-c2ccncc2)nc(NC(C)(C)C)n1. The summed E-state index contributed by atoms with van der Waals surface area (Å²) in [6.07, 6.45) is 3.48. The van der Waals surface area contributed by atoms with Crippen LogP contribution in [0.3, 0.4) is 0 Å². The number of ether oxygens (including phenoxy) is 1. The van der Waals surface area contributed by atoms with Gasteiger partial charge in [-0.15, -0.1) is 0 Å². The highest BCUT2D eigenvalue weighted by Gasteiger charge is 2.15. The molecule has 0 amide bonds. The molecule has 1 aromatic carbocycles. The number of methoxy groups -OCH3 is 1. The zero-order valence-electron chi connectivity index (χ0n) is 15.7. The second-order valence-corrected chi connectivity index (χ2v) is 7.48. The Morgan fingerprint density at radius 3 is 2.41 bits per heavy atom. The van der Waals surface area contributed by atoms with Gasteiger partial charge in [-0.25, -0.2) is 4.98 Å². The van der Waals surface area contributed by atoms with Crippen molar-refractivity contribution in [3.8, 4) is 17.0 Å². The molecular weight excluding hydrogens is 362 g/mol. The molecule has 0 saturated heterocycles. The number of nitrogens with one attached hydrogen (secondary N) is 2. The van der Waals surface area contributed by atoms with E-state index in [1.807, 2.05) is 24.3 Å². The molecule has 0 unspecified atom stereocenters. The maximum absolute atomic E-state index is 6.14. The minimum absolute atomic E-state index is 0.179. The lowest BCUT2D eigenvalue weighted by molar-refractivity contribution is 0.417. The third-order valence-corrected chi connectivity index (χ3v) is 3.85. The Kier molecular flexibility index (Phi) is 5.46. The van der Waals surface area contributed by atoms with Crippen LogP contribution in [-0.2, 0) is 0 Å². The van der Waals surface area contributed by atoms with Crippen molar-refractivity contribution < 1.29 is 4.74 Å². The Morgan fingerprint density at radius 1 is 1.00 bits per heavy atom. The van der Waals surface area contributed by atoms with Crippen LogP contribution in [-0.4, -0.2) is 27.6 Å². The molecule has 3 aromatic rings. The molecule has 2 aromatic heterocycles. The van der Waals surface area contributed by atoms with Gasteiger partial charge in [-0.05, 0) is 51.1 Å². The van der Waals surface area contributed by atoms with Crippen molar-refractivity contribution in [1.29, 1.82) is 0 Å². The number of pyridine rings is 1. The topological polar surface area (TPSA) is 72.0 Å². The van der Waals surface area contributed by atoms with Gasteiger partial charge in [0.25, 0.3) is 0 Å². The van der Waals surface area contributed by atoms with Gasteiger partial charge in [0, 0.05) is 34.6 Å². The molecule has 0 spiro atoms. The fourth-order valence-corrected chi connectivity index (χ4v) is 2.66. The largest absolute Gasteiger partial charge is 0.495 e. The summed E-state index contributed by atoms with van der Waals surface area (Å²) in [4.78, 5) is 13.3. The minimum atomic E-state index is -0.179. The molecule has 0 aliphatic carbocycles. The second kappa shape index (κ2) is 7.80. The Hall–Kier alpha value is -2.86. The zero-order valence-corrected chi connectivity index (χ0v) is 16.5. The van der Waals surface area contributed by atoms with E-state index in [2.05, 4.69) is 46.4 Å². The Balaban J connectivity index is 2.04. The molecule has 0 atom stereocenters. The van der Waals surface area contributed by atoms with Gasteiger partial charge < -0.3 is 15.4 Å². The van der Waals surface area contributed by atoms with Crippen LogP contribution in [0.1, 0.15) is 20.8 Å². The molecule has 7 heteroatoms. The van der Waals surface area contributed by atoms with E-state index in [1.54, 1.807) is 31.6 Å². The lowest BCUT2D eigenvalue weighted by Crippen LogP contribution is -2.27. The Labute approximate surface area is 164 Å². The van der Waals surface area contributed by atoms with Gasteiger partial charge in [-0.3, -0.25) is 4.98 Å². The first-order valence-corrected chi connectivity index (χ1v) is 8.90. The lowest BCUT2D eigenvalue weighted by atomic mass is 10.1. The summed E-state index contributed by atoms with van der Waals surface area (Å²) in [7, 11) is 1.61. The number of nitrogens with zero attached hydrogens (tertiary/aromatic N) is 3. The molecule has 3 rings (SSSR count). The maximum atomic E-state index is 6.14. The molecule has 0 aliphatic rings. The summed E-state index contributed by atoms with van der Waals surface area (Å²) in [5, 5.41) is 7.21. The van der Waals surface area contributed by atoms with E-state index in [4.69, 9.17) is 16.3 Å². The maximum Gasteiger partial charge on any atom is 0.225 e. The number of aromatic nitrogens is 3. The minimum Gasteiger partial charge on any atom is -0.495 e. The number of hydrogen-bond acceptors (Lipinski definition) is 6. The summed E-state index contributed by atoms with van der Waals surface area (Å²) in [5.74, 6) is 1.83. The van der Waals surface area contributed by atoms with Gasteiger partial charge in [0.1, 0.15) is 11.6 Å². The molecule has 2 heterocycles. The van der Waals surface area contributed by atoms with Gasteiger partial charge in [0.2, 0.25) is 5.95 Å². The number of anilines is 3. The van der Waals surface area contributed by atoms with Crippen LogP contribution in [0.2, 0.25) is 5.02 Å². The highest BCUT2D eigenvalue weighted by molar-refractivity contribution is 6.31. The van der Waals surface area contributed by atoms with E-state index in [0.717, 1.165) is 16.9 Å². The first kappa shape index (κ1) is 18.9. The van der Waals surface area contributed by atoms with Gasteiger partial charge in [-0.2, -0.15) is 4.98 Å². The molecule has 6 nitrogen and oxygen atoms in total. The first-order chi connectivity index (χ1) is 12.8. The summed E-state index contributed by atoms with van der Waals surface area (Å²) in [6.45, 7) is 6.17. The van der Waals surface area contributed by atoms with E-state index in [1.165, 1.54) is 0 Å². The van der Waals surface area contributed by atoms with E-state index in [-0.39, 0.29) is 5.54 Å². The van der Waals surface area contributed by atoms with Crippen molar-refractivity contribution in [2.24, 2.45) is 0 Å². The van der Waals surface area contributed by atoms with Crippen LogP contribution in [0.5, 0.6) is 5.75 Å². The van der Waals surface area contributed by atoms with Crippen molar-refractivity contribution in [3.63, 3.8) is 0 Å². The summed E-state index contributed by atoms with van der Waals surface area (Å²) < 4.78 is 5.41. The Morgan fingerprint density at radius 2 is 1.74 bits per heavy atom. The monoisotopic (exact) mass is 383 g/mol. The number of rotatable bonds is 5. The normalized spacial score (nSPS) is 11.1. The van der Waals surface area contributed by atoms with Gasteiger partial charge in [0.15, 0.2) is 0 Å². The molecule has 140 valence electrons. The van der Waals surface area contributed by atoms with Gasteiger partial charge in [0.05, 0.1) is 18.5 Å². The summed E-state index contributed by atoms with van der Waals surface area (Å²) in [5.41, 5.74) is 2.28. The first-order valence-electron chi connectivity index (χ1n) is 8.52. The van der Waals surface area contributed by atoms with Crippen molar-refractivity contribution in [2.75, 3.05) is 17.7 Å². The molecule has 0 bridgehead atoms. The Bertz CT molecular complexity index is 925. The molecule has 0 fully saturated rings. The third-order valence-electron chi connectivity index (χ3n) is 3.61. The highest BCUT2D eigenvalue weighted by atomic mass is 35.5. The van der Waals surface area contributed by atoms with Crippen LogP contribution < -0.4 is 15.4 Å². The highest BCUT2D eigenvalue weighted by Crippen LogP contribution is 2.31. The van der Waals surface area contributed by atoms with Crippen LogP contribution in [0, 0.1) is 0 Å². The number of halogens is 1. The van der Waals surface area contributed by atoms with Gasteiger partial charge in [-0.1, -0.05) is 11.6 Å². The standard InChI is InChI=1S/C20H22ClN5O/c1-20(2,3)26-19-24-15(13-7-9-22-10-8-13)12-18(25-19)23-16-11-14(21)5-6-17(16)27-4/h5-12H,1-4H3,(H2,23,24,25,26). The predicted molar refractivity (Wildman–Crippen MR) is 110 cm³/mol. The van der Waals surface area contributed by atoms with E-state index >= 15 is 0 Å². The summed E-state index contributed by atoms with van der Waals surface area (Å²) in [6, 6.07) is 11.1. The van der Waals surface area contributed by atoms with Crippen LogP contribution in [0.15, 0.2) is 48.8 Å². The molecule has 0 radical (unpaired) electrons. The fraction of sp³-hybridized carbons (Fsp3) is 0.250. The molecular formula is C20H22ClN5O. The van der Waals surface area contributed by atoms with Crippen molar-refractivity contribution in [1.82, 2.24) is 15.0 Å². The average Bonchev–Trinajstić information content (AvgIpc) is 2.61. The van der Waals surface area contributed by atoms with E-state index in [9.17, 15) is 0 Å².